The van der Waals surface area contributed by atoms with Crippen LogP contribution in [0.3, 0.4) is 0 Å². The van der Waals surface area contributed by atoms with Crippen molar-refractivity contribution in [3.8, 4) is 0 Å². The predicted molar refractivity (Wildman–Crippen MR) is 85.9 cm³/mol. The Balaban J connectivity index is 4.85. The Labute approximate surface area is 131 Å². The molecule has 0 spiro atoms. The molecule has 0 atom stereocenters. The second-order valence-electron chi connectivity index (χ2n) is 7.32. The molecule has 0 aliphatic carbocycles. The van der Waals surface area contributed by atoms with Crippen molar-refractivity contribution in [2.75, 3.05) is 26.4 Å². The highest BCUT2D eigenvalue weighted by molar-refractivity contribution is 4.53. The predicted octanol–water partition coefficient (Wildman–Crippen LogP) is 4.29. The Morgan fingerprint density at radius 1 is 0.476 bits per heavy atom. The summed E-state index contributed by atoms with van der Waals surface area (Å²) in [5, 5.41) is 0. The monoisotopic (exact) mass is 304 g/mol. The van der Waals surface area contributed by atoms with Gasteiger partial charge in [0, 0.05) is 0 Å². The van der Waals surface area contributed by atoms with Gasteiger partial charge >= 0.3 is 6.16 Å². The summed E-state index contributed by atoms with van der Waals surface area (Å²) >= 11 is 0. The van der Waals surface area contributed by atoms with Gasteiger partial charge in [-0.1, -0.05) is 55.4 Å². The molecular weight excluding hydrogens is 268 g/mol. The van der Waals surface area contributed by atoms with Crippen LogP contribution in [-0.4, -0.2) is 32.6 Å². The van der Waals surface area contributed by atoms with Crippen molar-refractivity contribution >= 4 is 0 Å². The molecule has 0 saturated carbocycles. The van der Waals surface area contributed by atoms with Crippen LogP contribution in [0.25, 0.3) is 0 Å². The minimum absolute atomic E-state index is 0.386. The van der Waals surface area contributed by atoms with Gasteiger partial charge in [0.2, 0.25) is 0 Å². The summed E-state index contributed by atoms with van der Waals surface area (Å²) in [7, 11) is 0. The van der Waals surface area contributed by atoms with Crippen LogP contribution in [0.2, 0.25) is 0 Å². The third-order valence-electron chi connectivity index (χ3n) is 2.37. The molecular formula is C17H36O4. The molecule has 0 aromatic rings. The van der Waals surface area contributed by atoms with E-state index in [9.17, 15) is 0 Å². The Hall–Kier alpha value is -0.160. The van der Waals surface area contributed by atoms with Gasteiger partial charge in [0.1, 0.15) is 0 Å². The molecule has 0 amide bonds. The van der Waals surface area contributed by atoms with Gasteiger partial charge in [-0.05, 0) is 23.7 Å². The molecule has 0 fully saturated rings. The van der Waals surface area contributed by atoms with Crippen LogP contribution in [0.5, 0.6) is 0 Å². The van der Waals surface area contributed by atoms with Crippen LogP contribution in [0, 0.1) is 23.7 Å². The highest BCUT2D eigenvalue weighted by atomic mass is 17.0. The van der Waals surface area contributed by atoms with Gasteiger partial charge in [0.05, 0.1) is 26.4 Å². The summed E-state index contributed by atoms with van der Waals surface area (Å²) in [4.78, 5) is 0. The van der Waals surface area contributed by atoms with Crippen molar-refractivity contribution in [3.63, 3.8) is 0 Å². The first-order chi connectivity index (χ1) is 9.67. The largest absolute Gasteiger partial charge is 0.412 e. The van der Waals surface area contributed by atoms with E-state index in [0.29, 0.717) is 50.1 Å². The zero-order chi connectivity index (χ0) is 16.5. The Morgan fingerprint density at radius 3 is 0.810 bits per heavy atom. The lowest BCUT2D eigenvalue weighted by Gasteiger charge is -2.34. The molecule has 0 bridgehead atoms. The summed E-state index contributed by atoms with van der Waals surface area (Å²) in [6.07, 6.45) is -1.37. The third kappa shape index (κ3) is 11.1. The van der Waals surface area contributed by atoms with Crippen LogP contribution < -0.4 is 0 Å². The Bertz CT molecular complexity index is 196. The van der Waals surface area contributed by atoms with Gasteiger partial charge in [0.15, 0.2) is 0 Å². The maximum Gasteiger partial charge on any atom is 0.412 e. The van der Waals surface area contributed by atoms with Gasteiger partial charge in [-0.25, -0.2) is 0 Å². The maximum atomic E-state index is 5.88. The van der Waals surface area contributed by atoms with E-state index < -0.39 is 6.16 Å². The molecule has 4 nitrogen and oxygen atoms in total. The average Bonchev–Trinajstić information content (AvgIpc) is 2.36. The van der Waals surface area contributed by atoms with Crippen molar-refractivity contribution in [2.24, 2.45) is 23.7 Å². The lowest BCUT2D eigenvalue weighted by Crippen LogP contribution is -2.45. The molecule has 0 heterocycles. The molecule has 0 aliphatic heterocycles. The first-order valence-corrected chi connectivity index (χ1v) is 8.22. The van der Waals surface area contributed by atoms with Crippen LogP contribution in [0.15, 0.2) is 0 Å². The van der Waals surface area contributed by atoms with E-state index in [1.165, 1.54) is 0 Å². The highest BCUT2D eigenvalue weighted by Crippen LogP contribution is 2.22. The minimum atomic E-state index is -1.37. The average molecular weight is 304 g/mol. The SMILES string of the molecule is CC(C)COC(OCC(C)C)(OCC(C)C)OCC(C)C. The lowest BCUT2D eigenvalue weighted by molar-refractivity contribution is -0.504. The number of hydrogen-bond donors (Lipinski definition) is 0. The standard InChI is InChI=1S/C17H36O4/c1-13(2)9-18-17(19-10-14(3)4,20-11-15(5)6)21-12-16(7)8/h13-16H,9-12H2,1-8H3. The van der Waals surface area contributed by atoms with Crippen molar-refractivity contribution in [3.05, 3.63) is 0 Å². The summed E-state index contributed by atoms with van der Waals surface area (Å²) in [6, 6.07) is 0. The minimum Gasteiger partial charge on any atom is -0.303 e. The third-order valence-corrected chi connectivity index (χ3v) is 2.37. The van der Waals surface area contributed by atoms with Crippen LogP contribution >= 0.6 is 0 Å². The van der Waals surface area contributed by atoms with Crippen molar-refractivity contribution in [1.29, 1.82) is 0 Å². The quantitative estimate of drug-likeness (QED) is 0.504. The smallest absolute Gasteiger partial charge is 0.303 e. The molecule has 128 valence electrons. The molecule has 0 aromatic carbocycles. The van der Waals surface area contributed by atoms with E-state index in [1.54, 1.807) is 0 Å². The molecule has 0 rings (SSSR count). The number of ether oxygens (including phenoxy) is 4. The fraction of sp³-hybridized carbons (Fsp3) is 1.00. The van der Waals surface area contributed by atoms with Gasteiger partial charge in [-0.3, -0.25) is 0 Å². The van der Waals surface area contributed by atoms with Crippen LogP contribution in [0.1, 0.15) is 55.4 Å². The normalized spacial score (nSPS) is 13.1. The van der Waals surface area contributed by atoms with E-state index in [4.69, 9.17) is 18.9 Å². The molecule has 0 unspecified atom stereocenters. The molecule has 4 heteroatoms. The van der Waals surface area contributed by atoms with Gasteiger partial charge in [0.25, 0.3) is 0 Å². The topological polar surface area (TPSA) is 36.9 Å². The fourth-order valence-corrected chi connectivity index (χ4v) is 1.32. The van der Waals surface area contributed by atoms with E-state index in [0.717, 1.165) is 0 Å². The molecule has 0 saturated heterocycles. The highest BCUT2D eigenvalue weighted by Gasteiger charge is 2.37. The number of hydrogen-bond acceptors (Lipinski definition) is 4. The first kappa shape index (κ1) is 20.8. The Kier molecular flexibility index (Phi) is 10.5. The number of rotatable bonds is 12. The molecule has 0 aliphatic rings. The van der Waals surface area contributed by atoms with Crippen molar-refractivity contribution < 1.29 is 18.9 Å². The fourth-order valence-electron chi connectivity index (χ4n) is 1.32. The molecule has 21 heavy (non-hydrogen) atoms. The summed E-state index contributed by atoms with van der Waals surface area (Å²) in [5.41, 5.74) is 0. The van der Waals surface area contributed by atoms with Crippen LogP contribution in [0.4, 0.5) is 0 Å². The van der Waals surface area contributed by atoms with Gasteiger partial charge in [-0.2, -0.15) is 0 Å². The molecule has 0 N–H and O–H groups in total. The summed E-state index contributed by atoms with van der Waals surface area (Å²) < 4.78 is 23.5. The lowest BCUT2D eigenvalue weighted by atomic mass is 10.2. The Morgan fingerprint density at radius 2 is 0.667 bits per heavy atom. The second-order valence-corrected chi connectivity index (χ2v) is 7.32. The van der Waals surface area contributed by atoms with Gasteiger partial charge < -0.3 is 18.9 Å². The first-order valence-electron chi connectivity index (χ1n) is 8.22. The van der Waals surface area contributed by atoms with Crippen molar-refractivity contribution in [2.45, 2.75) is 61.5 Å². The zero-order valence-electron chi connectivity index (χ0n) is 15.3. The molecule has 0 aromatic heterocycles. The van der Waals surface area contributed by atoms with Crippen molar-refractivity contribution in [1.82, 2.24) is 0 Å². The molecule has 0 radical (unpaired) electrons. The summed E-state index contributed by atoms with van der Waals surface area (Å²) in [6.45, 7) is 18.9. The van der Waals surface area contributed by atoms with E-state index >= 15 is 0 Å². The summed E-state index contributed by atoms with van der Waals surface area (Å²) in [5.74, 6) is 1.55. The zero-order valence-corrected chi connectivity index (χ0v) is 15.3. The second kappa shape index (κ2) is 10.5. The van der Waals surface area contributed by atoms with E-state index in [-0.39, 0.29) is 0 Å². The van der Waals surface area contributed by atoms with E-state index in [1.807, 2.05) is 0 Å². The maximum absolute atomic E-state index is 5.88. The van der Waals surface area contributed by atoms with E-state index in [2.05, 4.69) is 55.4 Å². The van der Waals surface area contributed by atoms with Gasteiger partial charge in [-0.15, -0.1) is 0 Å². The van der Waals surface area contributed by atoms with Crippen LogP contribution in [-0.2, 0) is 18.9 Å².